The molecule has 1 atom stereocenters. The first-order chi connectivity index (χ1) is 7.08. The van der Waals surface area contributed by atoms with Crippen LogP contribution in [-0.4, -0.2) is 30.0 Å². The summed E-state index contributed by atoms with van der Waals surface area (Å²) in [6.45, 7) is 8.94. The molecule has 15 heavy (non-hydrogen) atoms. The van der Waals surface area contributed by atoms with Crippen molar-refractivity contribution in [3.05, 3.63) is 29.6 Å². The Kier molecular flexibility index (Phi) is 4.76. The maximum absolute atomic E-state index is 4.08. The molecule has 0 saturated carbocycles. The maximum Gasteiger partial charge on any atom is 0.0372 e. The average molecular weight is 206 g/mol. The molecule has 0 aliphatic carbocycles. The first-order valence-electron chi connectivity index (χ1n) is 5.65. The highest BCUT2D eigenvalue weighted by atomic mass is 15.1. The van der Waals surface area contributed by atoms with Gasteiger partial charge in [-0.05, 0) is 51.4 Å². The molecule has 2 heterocycles. The lowest BCUT2D eigenvalue weighted by Crippen LogP contribution is -2.12. The fraction of sp³-hybridized carbons (Fsp3) is 0.615. The van der Waals surface area contributed by atoms with E-state index in [1.165, 1.54) is 25.1 Å². The predicted octanol–water partition coefficient (Wildman–Crippen LogP) is 2.66. The van der Waals surface area contributed by atoms with Crippen molar-refractivity contribution in [2.45, 2.75) is 27.2 Å². The van der Waals surface area contributed by atoms with E-state index in [-0.39, 0.29) is 0 Å². The lowest BCUT2D eigenvalue weighted by Gasteiger charge is -2.03. The van der Waals surface area contributed by atoms with E-state index in [0.29, 0.717) is 0 Å². The molecule has 0 aromatic carbocycles. The molecule has 1 saturated heterocycles. The van der Waals surface area contributed by atoms with Crippen LogP contribution in [0.25, 0.3) is 0 Å². The topological polar surface area (TPSA) is 16.1 Å². The van der Waals surface area contributed by atoms with Crippen molar-refractivity contribution in [2.24, 2.45) is 5.92 Å². The van der Waals surface area contributed by atoms with Gasteiger partial charge in [-0.3, -0.25) is 4.98 Å². The summed E-state index contributed by atoms with van der Waals surface area (Å²) >= 11 is 0. The number of hydrogen-bond donors (Lipinski definition) is 0. The van der Waals surface area contributed by atoms with Gasteiger partial charge >= 0.3 is 0 Å². The largest absolute Gasteiger partial charge is 0.306 e. The summed E-state index contributed by atoms with van der Waals surface area (Å²) in [6.07, 6.45) is 3.27. The Hall–Kier alpha value is -0.890. The molecular weight excluding hydrogens is 184 g/mol. The molecule has 0 bridgehead atoms. The minimum Gasteiger partial charge on any atom is -0.306 e. The number of aryl methyl sites for hydroxylation is 2. The van der Waals surface area contributed by atoms with E-state index in [1.54, 1.807) is 0 Å². The predicted molar refractivity (Wildman–Crippen MR) is 65.0 cm³/mol. The molecule has 0 spiro atoms. The van der Waals surface area contributed by atoms with E-state index < -0.39 is 0 Å². The van der Waals surface area contributed by atoms with E-state index in [0.717, 1.165) is 11.6 Å². The SMILES string of the molecule is CC1CCN(C)C1.Cc1ccc(C)nc1. The molecule has 1 aliphatic rings. The lowest BCUT2D eigenvalue weighted by atomic mass is 10.2. The van der Waals surface area contributed by atoms with Crippen LogP contribution >= 0.6 is 0 Å². The van der Waals surface area contributed by atoms with Crippen LogP contribution in [0.15, 0.2) is 18.3 Å². The zero-order valence-corrected chi connectivity index (χ0v) is 10.3. The van der Waals surface area contributed by atoms with Crippen molar-refractivity contribution in [3.63, 3.8) is 0 Å². The molecule has 0 radical (unpaired) electrons. The Balaban J connectivity index is 0.000000151. The van der Waals surface area contributed by atoms with E-state index in [4.69, 9.17) is 0 Å². The summed E-state index contributed by atoms with van der Waals surface area (Å²) in [6, 6.07) is 4.07. The first kappa shape index (κ1) is 12.2. The van der Waals surface area contributed by atoms with Gasteiger partial charge in [-0.15, -0.1) is 0 Å². The Morgan fingerprint density at radius 3 is 2.33 bits per heavy atom. The molecule has 84 valence electrons. The maximum atomic E-state index is 4.08. The first-order valence-corrected chi connectivity index (χ1v) is 5.65. The minimum absolute atomic E-state index is 0.949. The third-order valence-corrected chi connectivity index (χ3v) is 2.69. The van der Waals surface area contributed by atoms with Crippen molar-refractivity contribution in [2.75, 3.05) is 20.1 Å². The molecule has 2 heteroatoms. The molecule has 1 aromatic heterocycles. The molecule has 2 nitrogen and oxygen atoms in total. The number of pyridine rings is 1. The smallest absolute Gasteiger partial charge is 0.0372 e. The van der Waals surface area contributed by atoms with Gasteiger partial charge in [0.2, 0.25) is 0 Å². The molecule has 1 aliphatic heterocycles. The van der Waals surface area contributed by atoms with Gasteiger partial charge in [-0.2, -0.15) is 0 Å². The van der Waals surface area contributed by atoms with E-state index in [2.05, 4.69) is 29.9 Å². The van der Waals surface area contributed by atoms with Gasteiger partial charge in [0.05, 0.1) is 0 Å². The van der Waals surface area contributed by atoms with Gasteiger partial charge in [0.15, 0.2) is 0 Å². The van der Waals surface area contributed by atoms with Crippen molar-refractivity contribution >= 4 is 0 Å². The third kappa shape index (κ3) is 4.93. The monoisotopic (exact) mass is 206 g/mol. The summed E-state index contributed by atoms with van der Waals surface area (Å²) in [5, 5.41) is 0. The van der Waals surface area contributed by atoms with Crippen LogP contribution in [0, 0.1) is 19.8 Å². The quantitative estimate of drug-likeness (QED) is 0.649. The van der Waals surface area contributed by atoms with Crippen molar-refractivity contribution < 1.29 is 0 Å². The number of nitrogens with zero attached hydrogens (tertiary/aromatic N) is 2. The summed E-state index contributed by atoms with van der Waals surface area (Å²) in [5.41, 5.74) is 2.30. The van der Waals surface area contributed by atoms with Gasteiger partial charge in [0.1, 0.15) is 0 Å². The van der Waals surface area contributed by atoms with Crippen LogP contribution in [0.3, 0.4) is 0 Å². The highest BCUT2D eigenvalue weighted by Gasteiger charge is 2.13. The summed E-state index contributed by atoms with van der Waals surface area (Å²) in [4.78, 5) is 6.46. The van der Waals surface area contributed by atoms with Crippen LogP contribution in [0.5, 0.6) is 0 Å². The van der Waals surface area contributed by atoms with Gasteiger partial charge in [-0.1, -0.05) is 13.0 Å². The Morgan fingerprint density at radius 1 is 1.33 bits per heavy atom. The second-order valence-corrected chi connectivity index (χ2v) is 4.63. The number of likely N-dealkylation sites (tertiary alicyclic amines) is 1. The summed E-state index contributed by atoms with van der Waals surface area (Å²) in [5.74, 6) is 0.949. The average Bonchev–Trinajstić information content (AvgIpc) is 2.56. The van der Waals surface area contributed by atoms with Crippen molar-refractivity contribution in [1.82, 2.24) is 9.88 Å². The minimum atomic E-state index is 0.949. The Bertz CT molecular complexity index is 250. The van der Waals surface area contributed by atoms with Crippen LogP contribution < -0.4 is 0 Å². The van der Waals surface area contributed by atoms with Gasteiger partial charge in [0, 0.05) is 18.4 Å². The zero-order chi connectivity index (χ0) is 11.3. The highest BCUT2D eigenvalue weighted by Crippen LogP contribution is 2.11. The number of hydrogen-bond acceptors (Lipinski definition) is 2. The fourth-order valence-electron chi connectivity index (χ4n) is 1.70. The molecular formula is C13H22N2. The normalized spacial score (nSPS) is 20.9. The van der Waals surface area contributed by atoms with Crippen LogP contribution in [0.2, 0.25) is 0 Å². The molecule has 1 unspecified atom stereocenters. The fourth-order valence-corrected chi connectivity index (χ4v) is 1.70. The molecule has 1 fully saturated rings. The van der Waals surface area contributed by atoms with Gasteiger partial charge in [-0.25, -0.2) is 0 Å². The van der Waals surface area contributed by atoms with Crippen LogP contribution in [0.4, 0.5) is 0 Å². The number of rotatable bonds is 0. The second-order valence-electron chi connectivity index (χ2n) is 4.63. The summed E-state index contributed by atoms with van der Waals surface area (Å²) < 4.78 is 0. The van der Waals surface area contributed by atoms with Crippen LogP contribution in [0.1, 0.15) is 24.6 Å². The lowest BCUT2D eigenvalue weighted by molar-refractivity contribution is 0.402. The standard InChI is InChI=1S/C7H9N.C6H13N/c1-6-3-4-7(2)8-5-6;1-6-3-4-7(2)5-6/h3-5H,1-2H3;6H,3-5H2,1-2H3. The molecule has 2 rings (SSSR count). The summed E-state index contributed by atoms with van der Waals surface area (Å²) in [7, 11) is 2.18. The Labute approximate surface area is 93.3 Å². The van der Waals surface area contributed by atoms with E-state index >= 15 is 0 Å². The highest BCUT2D eigenvalue weighted by molar-refractivity contribution is 5.10. The zero-order valence-electron chi connectivity index (χ0n) is 10.3. The van der Waals surface area contributed by atoms with Gasteiger partial charge < -0.3 is 4.90 Å². The number of aromatic nitrogens is 1. The van der Waals surface area contributed by atoms with Gasteiger partial charge in [0.25, 0.3) is 0 Å². The third-order valence-electron chi connectivity index (χ3n) is 2.69. The van der Waals surface area contributed by atoms with E-state index in [9.17, 15) is 0 Å². The van der Waals surface area contributed by atoms with E-state index in [1.807, 2.05) is 26.1 Å². The van der Waals surface area contributed by atoms with Crippen molar-refractivity contribution in [3.8, 4) is 0 Å². The second kappa shape index (κ2) is 5.86. The Morgan fingerprint density at radius 2 is 2.07 bits per heavy atom. The molecule has 0 N–H and O–H groups in total. The molecule has 1 aromatic rings. The van der Waals surface area contributed by atoms with Crippen molar-refractivity contribution in [1.29, 1.82) is 0 Å². The van der Waals surface area contributed by atoms with Crippen LogP contribution in [-0.2, 0) is 0 Å². The molecule has 0 amide bonds.